The van der Waals surface area contributed by atoms with Gasteiger partial charge in [0.15, 0.2) is 0 Å². The number of likely N-dealkylation sites (N-methyl/N-ethyl adjacent to an activating group) is 1. The van der Waals surface area contributed by atoms with Crippen molar-refractivity contribution in [3.8, 4) is 0 Å². The fourth-order valence-corrected chi connectivity index (χ4v) is 3.37. The number of benzene rings is 1. The summed E-state index contributed by atoms with van der Waals surface area (Å²) in [6.45, 7) is 2.91. The van der Waals surface area contributed by atoms with Crippen LogP contribution in [0, 0.1) is 0 Å². The zero-order valence-electron chi connectivity index (χ0n) is 11.7. The Labute approximate surface area is 125 Å². The van der Waals surface area contributed by atoms with E-state index in [1.807, 2.05) is 0 Å². The monoisotopic (exact) mass is 316 g/mol. The summed E-state index contributed by atoms with van der Waals surface area (Å²) in [5.74, 6) is 0. The second-order valence-corrected chi connectivity index (χ2v) is 6.74. The van der Waals surface area contributed by atoms with E-state index in [9.17, 15) is 8.42 Å². The van der Waals surface area contributed by atoms with Crippen LogP contribution in [-0.2, 0) is 21.2 Å². The SMILES string of the molecule is CCN(CCOC)S(=O)(=O)c1ccc(CC(N)=S)cc1. The number of ether oxygens (including phenoxy) is 1. The molecule has 0 aliphatic rings. The maximum Gasteiger partial charge on any atom is 0.243 e. The summed E-state index contributed by atoms with van der Waals surface area (Å²) in [4.78, 5) is 0.651. The van der Waals surface area contributed by atoms with Crippen molar-refractivity contribution in [2.24, 2.45) is 5.73 Å². The van der Waals surface area contributed by atoms with E-state index in [1.165, 1.54) is 4.31 Å². The smallest absolute Gasteiger partial charge is 0.243 e. The molecule has 0 unspecified atom stereocenters. The first kappa shape index (κ1) is 17.0. The van der Waals surface area contributed by atoms with E-state index >= 15 is 0 Å². The highest BCUT2D eigenvalue weighted by Crippen LogP contribution is 2.16. The van der Waals surface area contributed by atoms with Gasteiger partial charge >= 0.3 is 0 Å². The van der Waals surface area contributed by atoms with Crippen molar-refractivity contribution >= 4 is 27.2 Å². The lowest BCUT2D eigenvalue weighted by Gasteiger charge is -2.20. The number of sulfonamides is 1. The molecule has 20 heavy (non-hydrogen) atoms. The Kier molecular flexibility index (Phi) is 6.54. The van der Waals surface area contributed by atoms with Crippen LogP contribution in [0.15, 0.2) is 29.2 Å². The van der Waals surface area contributed by atoms with Gasteiger partial charge in [0.25, 0.3) is 0 Å². The molecule has 0 fully saturated rings. The Hall–Kier alpha value is -1.02. The molecule has 0 saturated heterocycles. The molecule has 0 aliphatic carbocycles. The number of nitrogens with zero attached hydrogens (tertiary/aromatic N) is 1. The van der Waals surface area contributed by atoms with Crippen LogP contribution in [0.5, 0.6) is 0 Å². The summed E-state index contributed by atoms with van der Waals surface area (Å²) in [7, 11) is -1.93. The highest BCUT2D eigenvalue weighted by atomic mass is 32.2. The Morgan fingerprint density at radius 3 is 2.40 bits per heavy atom. The molecular weight excluding hydrogens is 296 g/mol. The normalized spacial score (nSPS) is 11.8. The van der Waals surface area contributed by atoms with Crippen LogP contribution in [0.4, 0.5) is 0 Å². The van der Waals surface area contributed by atoms with Crippen molar-refractivity contribution in [2.45, 2.75) is 18.2 Å². The highest BCUT2D eigenvalue weighted by molar-refractivity contribution is 7.89. The maximum atomic E-state index is 12.4. The first-order valence-electron chi connectivity index (χ1n) is 6.28. The van der Waals surface area contributed by atoms with Crippen LogP contribution >= 0.6 is 12.2 Å². The van der Waals surface area contributed by atoms with E-state index in [2.05, 4.69) is 0 Å². The number of nitrogens with two attached hydrogens (primary N) is 1. The second-order valence-electron chi connectivity index (χ2n) is 4.28. The van der Waals surface area contributed by atoms with Gasteiger partial charge in [-0.25, -0.2) is 8.42 Å². The molecule has 0 spiro atoms. The molecule has 0 amide bonds. The minimum atomic E-state index is -3.48. The fraction of sp³-hybridized carbons (Fsp3) is 0.462. The number of hydrogen-bond donors (Lipinski definition) is 1. The van der Waals surface area contributed by atoms with Crippen molar-refractivity contribution in [3.63, 3.8) is 0 Å². The first-order chi connectivity index (χ1) is 9.41. The Balaban J connectivity index is 2.93. The van der Waals surface area contributed by atoms with Crippen LogP contribution in [0.3, 0.4) is 0 Å². The van der Waals surface area contributed by atoms with Crippen molar-refractivity contribution in [3.05, 3.63) is 29.8 Å². The number of thiocarbonyl (C=S) groups is 1. The lowest BCUT2D eigenvalue weighted by molar-refractivity contribution is 0.180. The predicted octanol–water partition coefficient (Wildman–Crippen LogP) is 1.17. The molecule has 0 heterocycles. The van der Waals surface area contributed by atoms with Crippen molar-refractivity contribution < 1.29 is 13.2 Å². The zero-order chi connectivity index (χ0) is 15.2. The van der Waals surface area contributed by atoms with Gasteiger partial charge < -0.3 is 10.5 Å². The molecule has 0 aromatic heterocycles. The van der Waals surface area contributed by atoms with Crippen molar-refractivity contribution in [1.82, 2.24) is 4.31 Å². The van der Waals surface area contributed by atoms with Crippen LogP contribution in [0.25, 0.3) is 0 Å². The van der Waals surface area contributed by atoms with Crippen molar-refractivity contribution in [2.75, 3.05) is 26.8 Å². The summed E-state index contributed by atoms with van der Waals surface area (Å²) < 4.78 is 31.2. The summed E-state index contributed by atoms with van der Waals surface area (Å²) >= 11 is 4.83. The average molecular weight is 316 g/mol. The Bertz CT molecular complexity index is 541. The number of hydrogen-bond acceptors (Lipinski definition) is 4. The summed E-state index contributed by atoms with van der Waals surface area (Å²) in [6.07, 6.45) is 0.469. The number of methoxy groups -OCH3 is 1. The molecule has 0 saturated carbocycles. The van der Waals surface area contributed by atoms with Crippen LogP contribution < -0.4 is 5.73 Å². The molecule has 112 valence electrons. The van der Waals surface area contributed by atoms with Gasteiger partial charge in [0, 0.05) is 26.6 Å². The molecule has 1 rings (SSSR count). The predicted molar refractivity (Wildman–Crippen MR) is 83.2 cm³/mol. The maximum absolute atomic E-state index is 12.4. The minimum Gasteiger partial charge on any atom is -0.393 e. The van der Waals surface area contributed by atoms with E-state index in [-0.39, 0.29) is 4.90 Å². The van der Waals surface area contributed by atoms with Crippen LogP contribution in [0.2, 0.25) is 0 Å². The van der Waals surface area contributed by atoms with Gasteiger partial charge in [0.05, 0.1) is 16.5 Å². The third kappa shape index (κ3) is 4.52. The summed E-state index contributed by atoms with van der Waals surface area (Å²) in [5, 5.41) is 0. The van der Waals surface area contributed by atoms with Gasteiger partial charge in [-0.05, 0) is 17.7 Å². The van der Waals surface area contributed by atoms with E-state index in [1.54, 1.807) is 38.3 Å². The summed E-state index contributed by atoms with van der Waals surface area (Å²) in [5.41, 5.74) is 6.36. The van der Waals surface area contributed by atoms with Crippen LogP contribution in [0.1, 0.15) is 12.5 Å². The van der Waals surface area contributed by atoms with E-state index in [0.29, 0.717) is 31.1 Å². The molecule has 1 aromatic rings. The van der Waals surface area contributed by atoms with Crippen molar-refractivity contribution in [1.29, 1.82) is 0 Å². The van der Waals surface area contributed by atoms with E-state index in [0.717, 1.165) is 5.56 Å². The van der Waals surface area contributed by atoms with E-state index in [4.69, 9.17) is 22.7 Å². The number of rotatable bonds is 8. The lowest BCUT2D eigenvalue weighted by Crippen LogP contribution is -2.33. The Morgan fingerprint density at radius 2 is 1.95 bits per heavy atom. The zero-order valence-corrected chi connectivity index (χ0v) is 13.3. The minimum absolute atomic E-state index is 0.266. The van der Waals surface area contributed by atoms with Gasteiger partial charge in [-0.15, -0.1) is 0 Å². The third-order valence-corrected chi connectivity index (χ3v) is 4.97. The van der Waals surface area contributed by atoms with Crippen LogP contribution in [-0.4, -0.2) is 44.5 Å². The van der Waals surface area contributed by atoms with Gasteiger partial charge in [-0.3, -0.25) is 0 Å². The molecule has 0 atom stereocenters. The molecule has 7 heteroatoms. The highest BCUT2D eigenvalue weighted by Gasteiger charge is 2.22. The van der Waals surface area contributed by atoms with Gasteiger partial charge in [-0.2, -0.15) is 4.31 Å². The standard InChI is InChI=1S/C13H20N2O3S2/c1-3-15(8-9-18-2)20(16,17)12-6-4-11(5-7-12)10-13(14)19/h4-7H,3,8-10H2,1-2H3,(H2,14,19). The first-order valence-corrected chi connectivity index (χ1v) is 8.13. The Morgan fingerprint density at radius 1 is 1.35 bits per heavy atom. The third-order valence-electron chi connectivity index (χ3n) is 2.84. The molecule has 0 radical (unpaired) electrons. The molecule has 0 aliphatic heterocycles. The largest absolute Gasteiger partial charge is 0.393 e. The molecule has 1 aromatic carbocycles. The quantitative estimate of drug-likeness (QED) is 0.729. The topological polar surface area (TPSA) is 72.6 Å². The fourth-order valence-electron chi connectivity index (χ4n) is 1.77. The molecule has 5 nitrogen and oxygen atoms in total. The molecule has 0 bridgehead atoms. The van der Waals surface area contributed by atoms with Gasteiger partial charge in [0.2, 0.25) is 10.0 Å². The summed E-state index contributed by atoms with van der Waals surface area (Å²) in [6, 6.07) is 6.63. The van der Waals surface area contributed by atoms with E-state index < -0.39 is 10.0 Å². The molecular formula is C13H20N2O3S2. The van der Waals surface area contributed by atoms with Gasteiger partial charge in [-0.1, -0.05) is 31.3 Å². The lowest BCUT2D eigenvalue weighted by atomic mass is 10.1. The average Bonchev–Trinajstić information content (AvgIpc) is 2.39. The van der Waals surface area contributed by atoms with Gasteiger partial charge in [0.1, 0.15) is 0 Å². The second kappa shape index (κ2) is 7.68. The molecule has 2 N–H and O–H groups in total.